The van der Waals surface area contributed by atoms with Crippen molar-refractivity contribution in [1.29, 1.82) is 0 Å². The number of nitrogens with two attached hydrogens (primary N) is 1. The van der Waals surface area contributed by atoms with E-state index in [2.05, 4.69) is 5.32 Å². The van der Waals surface area contributed by atoms with Gasteiger partial charge < -0.3 is 16.3 Å². The highest BCUT2D eigenvalue weighted by atomic mass is 35.5. The molecule has 1 saturated carbocycles. The van der Waals surface area contributed by atoms with Crippen LogP contribution in [0.2, 0.25) is 0 Å². The van der Waals surface area contributed by atoms with Crippen molar-refractivity contribution < 1.29 is 9.52 Å². The second-order valence-corrected chi connectivity index (χ2v) is 3.43. The highest BCUT2D eigenvalue weighted by molar-refractivity contribution is 5.94. The van der Waals surface area contributed by atoms with Crippen LogP contribution in [0.1, 0.15) is 16.8 Å². The molecule has 0 aliphatic heterocycles. The number of carbonyl (C=O) groups is 1. The van der Waals surface area contributed by atoms with Crippen molar-refractivity contribution in [3.63, 3.8) is 0 Å². The van der Waals surface area contributed by atoms with Crippen LogP contribution >= 0.6 is 12.4 Å². The fourth-order valence-corrected chi connectivity index (χ4v) is 1.22. The van der Waals surface area contributed by atoms with Crippen LogP contribution in [0.3, 0.4) is 0 Å². The molecule has 0 aromatic carbocycles. The van der Waals surface area contributed by atoms with Gasteiger partial charge in [-0.15, -0.1) is 12.4 Å². The molecule has 0 radical (unpaired) electrons. The van der Waals surface area contributed by atoms with Gasteiger partial charge in [0.1, 0.15) is 5.56 Å². The maximum Gasteiger partial charge on any atom is 0.257 e. The number of hydrogen-bond donors (Lipinski definition) is 2. The SMILES string of the molecule is Cl.NC1CC1NC(=O)c1ccc[n+]([O-])c1. The Morgan fingerprint density at radius 1 is 1.67 bits per heavy atom. The van der Waals surface area contributed by atoms with Crippen LogP contribution in [-0.2, 0) is 0 Å². The average Bonchev–Trinajstić information content (AvgIpc) is 2.81. The van der Waals surface area contributed by atoms with Gasteiger partial charge >= 0.3 is 0 Å². The van der Waals surface area contributed by atoms with E-state index >= 15 is 0 Å². The lowest BCUT2D eigenvalue weighted by molar-refractivity contribution is -0.605. The van der Waals surface area contributed by atoms with Gasteiger partial charge in [-0.25, -0.2) is 0 Å². The zero-order chi connectivity index (χ0) is 10.1. The number of carbonyl (C=O) groups excluding carboxylic acids is 1. The summed E-state index contributed by atoms with van der Waals surface area (Å²) in [4.78, 5) is 11.5. The number of hydrogen-bond acceptors (Lipinski definition) is 3. The molecular weight excluding hydrogens is 218 g/mol. The van der Waals surface area contributed by atoms with Gasteiger partial charge in [-0.1, -0.05) is 0 Å². The molecule has 2 rings (SSSR count). The molecule has 1 amide bonds. The van der Waals surface area contributed by atoms with E-state index in [1.54, 1.807) is 6.07 Å². The van der Waals surface area contributed by atoms with Crippen LogP contribution in [-0.4, -0.2) is 18.0 Å². The van der Waals surface area contributed by atoms with Crippen molar-refractivity contribution >= 4 is 18.3 Å². The predicted octanol–water partition coefficient (Wildman–Crippen LogP) is -0.429. The summed E-state index contributed by atoms with van der Waals surface area (Å²) in [6, 6.07) is 3.27. The van der Waals surface area contributed by atoms with Crippen molar-refractivity contribution in [2.24, 2.45) is 5.73 Å². The van der Waals surface area contributed by atoms with Crippen molar-refractivity contribution in [3.05, 3.63) is 35.3 Å². The Morgan fingerprint density at radius 2 is 2.33 bits per heavy atom. The number of nitrogens with zero attached hydrogens (tertiary/aromatic N) is 1. The summed E-state index contributed by atoms with van der Waals surface area (Å²) in [6.45, 7) is 0. The van der Waals surface area contributed by atoms with E-state index in [4.69, 9.17) is 5.73 Å². The molecule has 1 fully saturated rings. The highest BCUT2D eigenvalue weighted by Crippen LogP contribution is 2.18. The molecule has 5 nitrogen and oxygen atoms in total. The van der Waals surface area contributed by atoms with Gasteiger partial charge in [-0.05, 0) is 12.5 Å². The van der Waals surface area contributed by atoms with Crippen molar-refractivity contribution in [2.75, 3.05) is 0 Å². The van der Waals surface area contributed by atoms with E-state index in [0.29, 0.717) is 10.3 Å². The molecule has 0 spiro atoms. The molecule has 2 atom stereocenters. The van der Waals surface area contributed by atoms with Gasteiger partial charge in [-0.3, -0.25) is 4.79 Å². The minimum atomic E-state index is -0.242. The number of aromatic nitrogens is 1. The summed E-state index contributed by atoms with van der Waals surface area (Å²) >= 11 is 0. The first-order valence-corrected chi connectivity index (χ1v) is 4.42. The van der Waals surface area contributed by atoms with E-state index in [0.717, 1.165) is 6.42 Å². The van der Waals surface area contributed by atoms with Gasteiger partial charge in [0, 0.05) is 18.2 Å². The molecular formula is C9H12ClN3O2. The van der Waals surface area contributed by atoms with E-state index in [9.17, 15) is 10.0 Å². The number of halogens is 1. The standard InChI is InChI=1S/C9H11N3O2.ClH/c10-7-4-8(7)11-9(13)6-2-1-3-12(14)5-6;/h1-3,5,7-8H,4,10H2,(H,11,13);1H. The zero-order valence-electron chi connectivity index (χ0n) is 7.92. The van der Waals surface area contributed by atoms with Crippen LogP contribution < -0.4 is 15.8 Å². The number of rotatable bonds is 2. The fraction of sp³-hybridized carbons (Fsp3) is 0.333. The normalized spacial score (nSPS) is 22.7. The summed E-state index contributed by atoms with van der Waals surface area (Å²) in [5, 5.41) is 13.6. The Balaban J connectivity index is 0.00000112. The molecule has 1 aliphatic rings. The predicted molar refractivity (Wildman–Crippen MR) is 56.5 cm³/mol. The maximum atomic E-state index is 11.5. The van der Waals surface area contributed by atoms with Crippen LogP contribution in [0.15, 0.2) is 24.5 Å². The summed E-state index contributed by atoms with van der Waals surface area (Å²) in [5.74, 6) is -0.242. The Labute approximate surface area is 93.3 Å². The van der Waals surface area contributed by atoms with Gasteiger partial charge in [0.2, 0.25) is 0 Å². The van der Waals surface area contributed by atoms with Gasteiger partial charge in [0.25, 0.3) is 5.91 Å². The Morgan fingerprint density at radius 3 is 2.87 bits per heavy atom. The third kappa shape index (κ3) is 2.81. The molecule has 1 aliphatic carbocycles. The van der Waals surface area contributed by atoms with Crippen LogP contribution in [0.5, 0.6) is 0 Å². The smallest absolute Gasteiger partial charge is 0.257 e. The quantitative estimate of drug-likeness (QED) is 0.533. The summed E-state index contributed by atoms with van der Waals surface area (Å²) in [5.41, 5.74) is 5.90. The van der Waals surface area contributed by atoms with Gasteiger partial charge in [0.15, 0.2) is 12.4 Å². The second-order valence-electron chi connectivity index (χ2n) is 3.43. The van der Waals surface area contributed by atoms with Crippen molar-refractivity contribution in [3.8, 4) is 0 Å². The molecule has 15 heavy (non-hydrogen) atoms. The van der Waals surface area contributed by atoms with E-state index in [1.165, 1.54) is 18.5 Å². The summed E-state index contributed by atoms with van der Waals surface area (Å²) < 4.78 is 0.599. The molecule has 82 valence electrons. The average molecular weight is 230 g/mol. The van der Waals surface area contributed by atoms with Crippen molar-refractivity contribution in [1.82, 2.24) is 5.32 Å². The van der Waals surface area contributed by atoms with Crippen LogP contribution in [0.4, 0.5) is 0 Å². The first-order valence-electron chi connectivity index (χ1n) is 4.42. The minimum absolute atomic E-state index is 0. The molecule has 2 unspecified atom stereocenters. The number of amides is 1. The molecule has 1 aromatic rings. The molecule has 1 heterocycles. The second kappa shape index (κ2) is 4.46. The third-order valence-corrected chi connectivity index (χ3v) is 2.19. The lowest BCUT2D eigenvalue weighted by Gasteiger charge is -2.02. The van der Waals surface area contributed by atoms with Crippen molar-refractivity contribution in [2.45, 2.75) is 18.5 Å². The topological polar surface area (TPSA) is 82.1 Å². The number of nitrogens with one attached hydrogen (secondary N) is 1. The first kappa shape index (κ1) is 11.7. The fourth-order valence-electron chi connectivity index (χ4n) is 1.22. The third-order valence-electron chi connectivity index (χ3n) is 2.19. The largest absolute Gasteiger partial charge is 0.619 e. The Kier molecular flexibility index (Phi) is 3.49. The summed E-state index contributed by atoms with van der Waals surface area (Å²) in [7, 11) is 0. The first-order chi connectivity index (χ1) is 6.66. The highest BCUT2D eigenvalue weighted by Gasteiger charge is 2.35. The molecule has 6 heteroatoms. The zero-order valence-corrected chi connectivity index (χ0v) is 8.74. The van der Waals surface area contributed by atoms with E-state index in [1.807, 2.05) is 0 Å². The summed E-state index contributed by atoms with van der Waals surface area (Å²) in [6.07, 6.45) is 3.39. The molecule has 3 N–H and O–H groups in total. The lowest BCUT2D eigenvalue weighted by Crippen LogP contribution is -2.32. The molecule has 1 aromatic heterocycles. The van der Waals surface area contributed by atoms with Crippen LogP contribution in [0, 0.1) is 5.21 Å². The van der Waals surface area contributed by atoms with Gasteiger partial charge in [0.05, 0.1) is 0 Å². The monoisotopic (exact) mass is 229 g/mol. The lowest BCUT2D eigenvalue weighted by atomic mass is 10.2. The Bertz CT molecular complexity index is 372. The molecule has 0 saturated heterocycles. The van der Waals surface area contributed by atoms with E-state index in [-0.39, 0.29) is 30.4 Å². The van der Waals surface area contributed by atoms with Gasteiger partial charge in [-0.2, -0.15) is 4.73 Å². The minimum Gasteiger partial charge on any atom is -0.619 e. The van der Waals surface area contributed by atoms with E-state index < -0.39 is 0 Å². The number of pyridine rings is 1. The van der Waals surface area contributed by atoms with Crippen LogP contribution in [0.25, 0.3) is 0 Å². The maximum absolute atomic E-state index is 11.5. The molecule has 0 bridgehead atoms. The Hall–Kier alpha value is -1.33.